The van der Waals surface area contributed by atoms with Gasteiger partial charge in [0.1, 0.15) is 0 Å². The van der Waals surface area contributed by atoms with Gasteiger partial charge in [-0.1, -0.05) is 29.8 Å². The Bertz CT molecular complexity index is 292. The van der Waals surface area contributed by atoms with Crippen LogP contribution in [0.25, 0.3) is 0 Å². The molecule has 70 valence electrons. The van der Waals surface area contributed by atoms with Crippen LogP contribution in [0.3, 0.4) is 0 Å². The zero-order valence-electron chi connectivity index (χ0n) is 7.66. The van der Waals surface area contributed by atoms with Gasteiger partial charge in [-0.25, -0.2) is 0 Å². The molecule has 0 aliphatic heterocycles. The summed E-state index contributed by atoms with van der Waals surface area (Å²) in [5.74, 6) is -0.458. The largest absolute Gasteiger partial charge is 0.368 e. The third-order valence-electron chi connectivity index (χ3n) is 1.94. The van der Waals surface area contributed by atoms with E-state index in [4.69, 9.17) is 11.5 Å². The van der Waals surface area contributed by atoms with Gasteiger partial charge in [-0.3, -0.25) is 4.79 Å². The van der Waals surface area contributed by atoms with E-state index in [0.717, 1.165) is 5.56 Å². The first-order valence-corrected chi connectivity index (χ1v) is 4.20. The normalized spacial score (nSPS) is 12.5. The summed E-state index contributed by atoms with van der Waals surface area (Å²) in [4.78, 5) is 10.7. The zero-order chi connectivity index (χ0) is 9.84. The number of carbonyl (C=O) groups is 1. The molecule has 1 atom stereocenters. The highest BCUT2D eigenvalue weighted by molar-refractivity contribution is 5.79. The average Bonchev–Trinajstić information content (AvgIpc) is 2.08. The van der Waals surface area contributed by atoms with Crippen molar-refractivity contribution in [3.8, 4) is 0 Å². The lowest BCUT2D eigenvalue weighted by Gasteiger charge is -2.06. The number of aryl methyl sites for hydroxylation is 1. The first-order valence-electron chi connectivity index (χ1n) is 4.20. The first-order chi connectivity index (χ1) is 6.09. The van der Waals surface area contributed by atoms with Crippen molar-refractivity contribution < 1.29 is 4.79 Å². The second kappa shape index (κ2) is 4.05. The summed E-state index contributed by atoms with van der Waals surface area (Å²) in [5.41, 5.74) is 12.8. The van der Waals surface area contributed by atoms with Gasteiger partial charge in [0.2, 0.25) is 5.91 Å². The van der Waals surface area contributed by atoms with Crippen molar-refractivity contribution in [2.24, 2.45) is 11.5 Å². The van der Waals surface area contributed by atoms with Gasteiger partial charge in [0.25, 0.3) is 0 Å². The number of hydrogen-bond donors (Lipinski definition) is 2. The first kappa shape index (κ1) is 9.74. The van der Waals surface area contributed by atoms with Crippen molar-refractivity contribution in [1.82, 2.24) is 0 Å². The molecule has 0 saturated heterocycles. The molecule has 1 amide bonds. The van der Waals surface area contributed by atoms with Crippen molar-refractivity contribution in [3.05, 3.63) is 35.4 Å². The van der Waals surface area contributed by atoms with Crippen LogP contribution in [-0.4, -0.2) is 11.9 Å². The fraction of sp³-hybridized carbons (Fsp3) is 0.300. The van der Waals surface area contributed by atoms with E-state index >= 15 is 0 Å². The van der Waals surface area contributed by atoms with Crippen LogP contribution in [0.4, 0.5) is 0 Å². The van der Waals surface area contributed by atoms with Gasteiger partial charge in [-0.05, 0) is 18.9 Å². The molecule has 0 saturated carbocycles. The minimum Gasteiger partial charge on any atom is -0.368 e. The highest BCUT2D eigenvalue weighted by Gasteiger charge is 2.09. The molecule has 0 heterocycles. The summed E-state index contributed by atoms with van der Waals surface area (Å²) in [6.07, 6.45) is 0.510. The van der Waals surface area contributed by atoms with Crippen molar-refractivity contribution in [2.45, 2.75) is 19.4 Å². The number of rotatable bonds is 3. The molecule has 0 bridgehead atoms. The van der Waals surface area contributed by atoms with E-state index in [1.165, 1.54) is 5.56 Å². The topological polar surface area (TPSA) is 69.1 Å². The fourth-order valence-electron chi connectivity index (χ4n) is 1.08. The van der Waals surface area contributed by atoms with Crippen LogP contribution in [0.1, 0.15) is 11.1 Å². The van der Waals surface area contributed by atoms with Crippen LogP contribution < -0.4 is 11.5 Å². The van der Waals surface area contributed by atoms with Gasteiger partial charge in [0, 0.05) is 0 Å². The third-order valence-corrected chi connectivity index (χ3v) is 1.94. The molecular weight excluding hydrogens is 164 g/mol. The molecule has 0 spiro atoms. The minimum absolute atomic E-state index is 0.458. The second-order valence-electron chi connectivity index (χ2n) is 3.20. The highest BCUT2D eigenvalue weighted by Crippen LogP contribution is 2.04. The van der Waals surface area contributed by atoms with Gasteiger partial charge >= 0.3 is 0 Å². The summed E-state index contributed by atoms with van der Waals surface area (Å²) in [6.45, 7) is 2.01. The maximum Gasteiger partial charge on any atom is 0.234 e. The fourth-order valence-corrected chi connectivity index (χ4v) is 1.08. The molecule has 0 aromatic heterocycles. The van der Waals surface area contributed by atoms with Gasteiger partial charge in [0.15, 0.2) is 0 Å². The Morgan fingerprint density at radius 3 is 2.38 bits per heavy atom. The average molecular weight is 178 g/mol. The third kappa shape index (κ3) is 2.87. The van der Waals surface area contributed by atoms with Crippen molar-refractivity contribution in [1.29, 1.82) is 0 Å². The molecule has 0 radical (unpaired) electrons. The summed E-state index contributed by atoms with van der Waals surface area (Å²) < 4.78 is 0. The Morgan fingerprint density at radius 1 is 1.38 bits per heavy atom. The van der Waals surface area contributed by atoms with Crippen LogP contribution >= 0.6 is 0 Å². The molecule has 3 nitrogen and oxygen atoms in total. The molecule has 0 aliphatic carbocycles. The predicted molar refractivity (Wildman–Crippen MR) is 52.1 cm³/mol. The lowest BCUT2D eigenvalue weighted by atomic mass is 10.1. The maximum absolute atomic E-state index is 10.7. The number of nitrogens with two attached hydrogens (primary N) is 2. The molecule has 4 N–H and O–H groups in total. The highest BCUT2D eigenvalue weighted by atomic mass is 16.1. The monoisotopic (exact) mass is 178 g/mol. The second-order valence-corrected chi connectivity index (χ2v) is 3.20. The van der Waals surface area contributed by atoms with E-state index in [1.807, 2.05) is 31.2 Å². The van der Waals surface area contributed by atoms with Crippen LogP contribution in [-0.2, 0) is 11.2 Å². The number of amides is 1. The molecule has 1 aromatic carbocycles. The Hall–Kier alpha value is -1.35. The van der Waals surface area contributed by atoms with Gasteiger partial charge < -0.3 is 11.5 Å². The molecule has 13 heavy (non-hydrogen) atoms. The lowest BCUT2D eigenvalue weighted by Crippen LogP contribution is -2.38. The summed E-state index contributed by atoms with van der Waals surface area (Å²) in [6, 6.07) is 7.31. The Labute approximate surface area is 77.7 Å². The van der Waals surface area contributed by atoms with Crippen LogP contribution in [0.15, 0.2) is 24.3 Å². The molecule has 1 rings (SSSR count). The van der Waals surface area contributed by atoms with Crippen molar-refractivity contribution >= 4 is 5.91 Å². The smallest absolute Gasteiger partial charge is 0.234 e. The summed E-state index contributed by atoms with van der Waals surface area (Å²) in [5, 5.41) is 0. The Balaban J connectivity index is 2.64. The van der Waals surface area contributed by atoms with E-state index in [-0.39, 0.29) is 0 Å². The number of carbonyl (C=O) groups excluding carboxylic acids is 1. The van der Waals surface area contributed by atoms with Crippen molar-refractivity contribution in [2.75, 3.05) is 0 Å². The molecule has 1 aromatic rings. The number of hydrogen-bond acceptors (Lipinski definition) is 2. The SMILES string of the molecule is Cc1ccc(C[C@@H](N)C(N)=O)cc1. The standard InChI is InChI=1S/C10H14N2O/c1-7-2-4-8(5-3-7)6-9(11)10(12)13/h2-5,9H,6,11H2,1H3,(H2,12,13)/t9-/m1/s1. The zero-order valence-corrected chi connectivity index (χ0v) is 7.66. The predicted octanol–water partition coefficient (Wildman–Crippen LogP) is 0.350. The summed E-state index contributed by atoms with van der Waals surface area (Å²) in [7, 11) is 0. The minimum atomic E-state index is -0.581. The van der Waals surface area contributed by atoms with Gasteiger partial charge in [-0.2, -0.15) is 0 Å². The molecule has 0 fully saturated rings. The van der Waals surface area contributed by atoms with E-state index in [9.17, 15) is 4.79 Å². The number of benzene rings is 1. The van der Waals surface area contributed by atoms with Gasteiger partial charge in [-0.15, -0.1) is 0 Å². The van der Waals surface area contributed by atoms with Crippen molar-refractivity contribution in [3.63, 3.8) is 0 Å². The van der Waals surface area contributed by atoms with Gasteiger partial charge in [0.05, 0.1) is 6.04 Å². The Kier molecular flexibility index (Phi) is 3.03. The number of primary amides is 1. The summed E-state index contributed by atoms with van der Waals surface area (Å²) >= 11 is 0. The van der Waals surface area contributed by atoms with E-state index < -0.39 is 11.9 Å². The van der Waals surface area contributed by atoms with Crippen LogP contribution in [0.5, 0.6) is 0 Å². The molecule has 0 unspecified atom stereocenters. The molecule has 3 heteroatoms. The van der Waals surface area contributed by atoms with E-state index in [2.05, 4.69) is 0 Å². The molecular formula is C10H14N2O. The van der Waals surface area contributed by atoms with Crippen LogP contribution in [0.2, 0.25) is 0 Å². The quantitative estimate of drug-likeness (QED) is 0.701. The Morgan fingerprint density at radius 2 is 1.92 bits per heavy atom. The van der Waals surface area contributed by atoms with E-state index in [1.54, 1.807) is 0 Å². The lowest BCUT2D eigenvalue weighted by molar-refractivity contribution is -0.119. The maximum atomic E-state index is 10.7. The van der Waals surface area contributed by atoms with E-state index in [0.29, 0.717) is 6.42 Å². The van der Waals surface area contributed by atoms with Crippen LogP contribution in [0, 0.1) is 6.92 Å². The molecule has 0 aliphatic rings.